The van der Waals surface area contributed by atoms with Crippen LogP contribution in [0.15, 0.2) is 30.3 Å². The number of benzene rings is 1. The van der Waals surface area contributed by atoms with Gasteiger partial charge < -0.3 is 0 Å². The lowest BCUT2D eigenvalue weighted by atomic mass is 10.0. The van der Waals surface area contributed by atoms with Crippen LogP contribution in [-0.2, 0) is 0 Å². The first-order chi connectivity index (χ1) is 7.29. The molecule has 0 radical (unpaired) electrons. The Balaban J connectivity index is 2.17. The Morgan fingerprint density at radius 2 is 1.93 bits per heavy atom. The lowest BCUT2D eigenvalue weighted by molar-refractivity contribution is 0.321. The SMILES string of the molecule is CCN1CCC=C(c2ccc(C)cc2)C1. The van der Waals surface area contributed by atoms with Crippen LogP contribution in [0.3, 0.4) is 0 Å². The fraction of sp³-hybridized carbons (Fsp3) is 0.429. The largest absolute Gasteiger partial charge is 0.299 e. The third-order valence-corrected chi connectivity index (χ3v) is 3.10. The molecule has 0 fully saturated rings. The Kier molecular flexibility index (Phi) is 3.22. The fourth-order valence-corrected chi connectivity index (χ4v) is 2.05. The van der Waals surface area contributed by atoms with Crippen molar-refractivity contribution in [3.05, 3.63) is 41.5 Å². The average Bonchev–Trinajstić information content (AvgIpc) is 2.30. The molecular weight excluding hydrogens is 182 g/mol. The van der Waals surface area contributed by atoms with E-state index < -0.39 is 0 Å². The average molecular weight is 201 g/mol. The first-order valence-corrected chi connectivity index (χ1v) is 5.78. The first-order valence-electron chi connectivity index (χ1n) is 5.78. The first kappa shape index (κ1) is 10.4. The van der Waals surface area contributed by atoms with Crippen molar-refractivity contribution < 1.29 is 0 Å². The summed E-state index contributed by atoms with van der Waals surface area (Å²) in [6.45, 7) is 7.85. The topological polar surface area (TPSA) is 3.24 Å². The summed E-state index contributed by atoms with van der Waals surface area (Å²) in [6, 6.07) is 8.86. The Labute approximate surface area is 92.4 Å². The summed E-state index contributed by atoms with van der Waals surface area (Å²) < 4.78 is 0. The van der Waals surface area contributed by atoms with Gasteiger partial charge in [-0.3, -0.25) is 4.90 Å². The van der Waals surface area contributed by atoms with Crippen LogP contribution in [0.4, 0.5) is 0 Å². The highest BCUT2D eigenvalue weighted by molar-refractivity contribution is 5.67. The molecule has 0 amide bonds. The van der Waals surface area contributed by atoms with Gasteiger partial charge >= 0.3 is 0 Å². The maximum Gasteiger partial charge on any atom is 0.0236 e. The second-order valence-corrected chi connectivity index (χ2v) is 4.25. The van der Waals surface area contributed by atoms with Gasteiger partial charge in [-0.1, -0.05) is 42.8 Å². The van der Waals surface area contributed by atoms with Crippen LogP contribution in [0.5, 0.6) is 0 Å². The molecule has 0 atom stereocenters. The van der Waals surface area contributed by atoms with Gasteiger partial charge in [-0.2, -0.15) is 0 Å². The number of aryl methyl sites for hydroxylation is 1. The van der Waals surface area contributed by atoms with E-state index in [-0.39, 0.29) is 0 Å². The third-order valence-electron chi connectivity index (χ3n) is 3.10. The molecular formula is C14H19N. The van der Waals surface area contributed by atoms with Crippen molar-refractivity contribution in [2.24, 2.45) is 0 Å². The molecule has 0 bridgehead atoms. The minimum atomic E-state index is 1.11. The molecule has 2 rings (SSSR count). The summed E-state index contributed by atoms with van der Waals surface area (Å²) in [4.78, 5) is 2.50. The molecule has 0 saturated heterocycles. The van der Waals surface area contributed by atoms with Crippen LogP contribution in [0.1, 0.15) is 24.5 Å². The molecule has 1 heterocycles. The predicted molar refractivity (Wildman–Crippen MR) is 65.9 cm³/mol. The van der Waals surface area contributed by atoms with Crippen LogP contribution < -0.4 is 0 Å². The Hall–Kier alpha value is -1.08. The van der Waals surface area contributed by atoms with Crippen LogP contribution in [0, 0.1) is 6.92 Å². The smallest absolute Gasteiger partial charge is 0.0236 e. The van der Waals surface area contributed by atoms with Crippen molar-refractivity contribution in [3.63, 3.8) is 0 Å². The van der Waals surface area contributed by atoms with Gasteiger partial charge in [0.2, 0.25) is 0 Å². The Bertz CT molecular complexity index is 348. The normalized spacial score (nSPS) is 17.6. The van der Waals surface area contributed by atoms with Gasteiger partial charge in [0.1, 0.15) is 0 Å². The van der Waals surface area contributed by atoms with E-state index in [4.69, 9.17) is 0 Å². The van der Waals surface area contributed by atoms with Crippen LogP contribution in [0.2, 0.25) is 0 Å². The van der Waals surface area contributed by atoms with E-state index in [0.717, 1.165) is 13.1 Å². The van der Waals surface area contributed by atoms with E-state index in [9.17, 15) is 0 Å². The molecule has 1 nitrogen and oxygen atoms in total. The Morgan fingerprint density at radius 3 is 2.60 bits per heavy atom. The minimum Gasteiger partial charge on any atom is -0.299 e. The van der Waals surface area contributed by atoms with Crippen LogP contribution >= 0.6 is 0 Å². The highest BCUT2D eigenvalue weighted by Crippen LogP contribution is 2.20. The molecule has 0 aromatic heterocycles. The Morgan fingerprint density at radius 1 is 1.20 bits per heavy atom. The summed E-state index contributed by atoms with van der Waals surface area (Å²) in [7, 11) is 0. The molecule has 0 saturated carbocycles. The molecule has 0 N–H and O–H groups in total. The zero-order valence-electron chi connectivity index (χ0n) is 9.66. The summed E-state index contributed by atoms with van der Waals surface area (Å²) in [5, 5.41) is 0. The molecule has 80 valence electrons. The van der Waals surface area contributed by atoms with E-state index in [0.29, 0.717) is 0 Å². The standard InChI is InChI=1S/C14H19N/c1-3-15-10-4-5-14(11-15)13-8-6-12(2)7-9-13/h5-9H,3-4,10-11H2,1-2H3. The number of hydrogen-bond donors (Lipinski definition) is 0. The van der Waals surface area contributed by atoms with Crippen molar-refractivity contribution in [1.29, 1.82) is 0 Å². The number of likely N-dealkylation sites (N-methyl/N-ethyl adjacent to an activating group) is 1. The molecule has 0 aliphatic carbocycles. The van der Waals surface area contributed by atoms with Gasteiger partial charge in [-0.25, -0.2) is 0 Å². The second kappa shape index (κ2) is 4.63. The van der Waals surface area contributed by atoms with Crippen molar-refractivity contribution >= 4 is 5.57 Å². The highest BCUT2D eigenvalue weighted by Gasteiger charge is 2.11. The van der Waals surface area contributed by atoms with Gasteiger partial charge in [0.25, 0.3) is 0 Å². The summed E-state index contributed by atoms with van der Waals surface area (Å²) in [5.41, 5.74) is 4.21. The van der Waals surface area contributed by atoms with E-state index >= 15 is 0 Å². The third kappa shape index (κ3) is 2.48. The van der Waals surface area contributed by atoms with Gasteiger partial charge in [0.05, 0.1) is 0 Å². The lowest BCUT2D eigenvalue weighted by Gasteiger charge is -2.26. The maximum absolute atomic E-state index is 2.50. The molecule has 1 aromatic carbocycles. The van der Waals surface area contributed by atoms with Gasteiger partial charge in [-0.15, -0.1) is 0 Å². The van der Waals surface area contributed by atoms with E-state index in [1.54, 1.807) is 0 Å². The van der Waals surface area contributed by atoms with E-state index in [1.807, 2.05) is 0 Å². The van der Waals surface area contributed by atoms with Gasteiger partial charge in [0, 0.05) is 13.1 Å². The van der Waals surface area contributed by atoms with E-state index in [2.05, 4.69) is 49.1 Å². The van der Waals surface area contributed by atoms with Crippen LogP contribution in [0.25, 0.3) is 5.57 Å². The summed E-state index contributed by atoms with van der Waals surface area (Å²) in [5.74, 6) is 0. The maximum atomic E-state index is 2.50. The quantitative estimate of drug-likeness (QED) is 0.710. The number of nitrogens with zero attached hydrogens (tertiary/aromatic N) is 1. The summed E-state index contributed by atoms with van der Waals surface area (Å²) >= 11 is 0. The monoisotopic (exact) mass is 201 g/mol. The van der Waals surface area contributed by atoms with Gasteiger partial charge in [-0.05, 0) is 31.0 Å². The van der Waals surface area contributed by atoms with Crippen molar-refractivity contribution in [2.45, 2.75) is 20.3 Å². The van der Waals surface area contributed by atoms with Crippen molar-refractivity contribution in [2.75, 3.05) is 19.6 Å². The zero-order valence-corrected chi connectivity index (χ0v) is 9.66. The van der Waals surface area contributed by atoms with Crippen LogP contribution in [-0.4, -0.2) is 24.5 Å². The zero-order chi connectivity index (χ0) is 10.7. The minimum absolute atomic E-state index is 1.11. The highest BCUT2D eigenvalue weighted by atomic mass is 15.1. The number of rotatable bonds is 2. The predicted octanol–water partition coefficient (Wildman–Crippen LogP) is 3.10. The van der Waals surface area contributed by atoms with E-state index in [1.165, 1.54) is 29.7 Å². The molecule has 15 heavy (non-hydrogen) atoms. The molecule has 1 aliphatic heterocycles. The van der Waals surface area contributed by atoms with Crippen molar-refractivity contribution in [3.8, 4) is 0 Å². The summed E-state index contributed by atoms with van der Waals surface area (Å²) in [6.07, 6.45) is 3.58. The fourth-order valence-electron chi connectivity index (χ4n) is 2.05. The van der Waals surface area contributed by atoms with Gasteiger partial charge in [0.15, 0.2) is 0 Å². The molecule has 0 unspecified atom stereocenters. The molecule has 1 heteroatoms. The molecule has 1 aliphatic rings. The molecule has 0 spiro atoms. The number of hydrogen-bond acceptors (Lipinski definition) is 1. The second-order valence-electron chi connectivity index (χ2n) is 4.25. The van der Waals surface area contributed by atoms with Crippen molar-refractivity contribution in [1.82, 2.24) is 4.90 Å². The lowest BCUT2D eigenvalue weighted by Crippen LogP contribution is -2.29. The molecule has 1 aromatic rings.